The molecule has 0 bridgehead atoms. The van der Waals surface area contributed by atoms with Gasteiger partial charge in [-0.15, -0.1) is 0 Å². The van der Waals surface area contributed by atoms with Crippen molar-refractivity contribution in [2.24, 2.45) is 4.99 Å². The van der Waals surface area contributed by atoms with Crippen LogP contribution in [0.3, 0.4) is 0 Å². The lowest BCUT2D eigenvalue weighted by atomic mass is 9.95. The molecule has 0 radical (unpaired) electrons. The van der Waals surface area contributed by atoms with Crippen molar-refractivity contribution in [2.45, 2.75) is 38.1 Å². The van der Waals surface area contributed by atoms with Crippen LogP contribution < -0.4 is 10.6 Å². The molecule has 5 heteroatoms. The van der Waals surface area contributed by atoms with Crippen LogP contribution in [0.5, 0.6) is 0 Å². The van der Waals surface area contributed by atoms with Gasteiger partial charge in [0.1, 0.15) is 5.76 Å². The molecule has 0 unspecified atom stereocenters. The van der Waals surface area contributed by atoms with E-state index in [4.69, 9.17) is 4.74 Å². The highest BCUT2D eigenvalue weighted by Crippen LogP contribution is 2.17. The standard InChI is InChI=1S/C15H23N3O2/c1-16-13(9-17-12-5-3-2-4-6-12)7-8-14-10-18-15(19)11-20-14/h7-8,12,17H,1-6,9-11H2,(H,18,19)/b13-7-,14-8+. The van der Waals surface area contributed by atoms with Gasteiger partial charge in [0, 0.05) is 12.6 Å². The van der Waals surface area contributed by atoms with Crippen molar-refractivity contribution in [3.05, 3.63) is 23.6 Å². The summed E-state index contributed by atoms with van der Waals surface area (Å²) in [6.45, 7) is 4.86. The van der Waals surface area contributed by atoms with Crippen LogP contribution in [0.2, 0.25) is 0 Å². The average molecular weight is 277 g/mol. The number of carbonyl (C=O) groups is 1. The fourth-order valence-electron chi connectivity index (χ4n) is 2.47. The molecule has 1 saturated carbocycles. The molecular weight excluding hydrogens is 254 g/mol. The molecule has 1 aliphatic carbocycles. The van der Waals surface area contributed by atoms with Gasteiger partial charge in [0.15, 0.2) is 6.61 Å². The van der Waals surface area contributed by atoms with Crippen molar-refractivity contribution < 1.29 is 9.53 Å². The summed E-state index contributed by atoms with van der Waals surface area (Å²) in [7, 11) is 0. The van der Waals surface area contributed by atoms with Crippen molar-refractivity contribution in [3.8, 4) is 0 Å². The van der Waals surface area contributed by atoms with Gasteiger partial charge in [-0.3, -0.25) is 9.79 Å². The van der Waals surface area contributed by atoms with E-state index in [-0.39, 0.29) is 12.5 Å². The number of hydrogen-bond acceptors (Lipinski definition) is 4. The summed E-state index contributed by atoms with van der Waals surface area (Å²) in [6, 6.07) is 0.603. The fraction of sp³-hybridized carbons (Fsp3) is 0.600. The van der Waals surface area contributed by atoms with Crippen LogP contribution in [-0.2, 0) is 9.53 Å². The lowest BCUT2D eigenvalue weighted by Crippen LogP contribution is -2.35. The van der Waals surface area contributed by atoms with Gasteiger partial charge < -0.3 is 15.4 Å². The highest BCUT2D eigenvalue weighted by Gasteiger charge is 2.13. The lowest BCUT2D eigenvalue weighted by Gasteiger charge is -2.22. The molecule has 5 nitrogen and oxygen atoms in total. The third-order valence-corrected chi connectivity index (χ3v) is 3.69. The summed E-state index contributed by atoms with van der Waals surface area (Å²) in [5, 5.41) is 6.26. The van der Waals surface area contributed by atoms with E-state index in [0.29, 0.717) is 12.6 Å². The largest absolute Gasteiger partial charge is 0.486 e. The van der Waals surface area contributed by atoms with Crippen LogP contribution in [0.1, 0.15) is 32.1 Å². The van der Waals surface area contributed by atoms with Gasteiger partial charge in [0.25, 0.3) is 5.91 Å². The second kappa shape index (κ2) is 7.85. The van der Waals surface area contributed by atoms with Crippen molar-refractivity contribution in [2.75, 3.05) is 19.7 Å². The van der Waals surface area contributed by atoms with Crippen LogP contribution >= 0.6 is 0 Å². The molecular formula is C15H23N3O2. The Morgan fingerprint density at radius 1 is 1.45 bits per heavy atom. The molecule has 1 saturated heterocycles. The molecule has 2 N–H and O–H groups in total. The fourth-order valence-corrected chi connectivity index (χ4v) is 2.47. The Morgan fingerprint density at radius 2 is 2.25 bits per heavy atom. The normalized spacial score (nSPS) is 23.3. The molecule has 0 aromatic heterocycles. The van der Waals surface area contributed by atoms with Gasteiger partial charge in [-0.05, 0) is 31.7 Å². The number of morpholine rings is 1. The van der Waals surface area contributed by atoms with Gasteiger partial charge in [-0.2, -0.15) is 0 Å². The highest BCUT2D eigenvalue weighted by atomic mass is 16.5. The van der Waals surface area contributed by atoms with Crippen molar-refractivity contribution in [3.63, 3.8) is 0 Å². The number of aliphatic imine (C=N–C) groups is 1. The van der Waals surface area contributed by atoms with Crippen LogP contribution in [-0.4, -0.2) is 38.4 Å². The Hall–Kier alpha value is -1.62. The first kappa shape index (κ1) is 14.8. The molecule has 1 heterocycles. The topological polar surface area (TPSA) is 62.7 Å². The Morgan fingerprint density at radius 3 is 2.90 bits per heavy atom. The van der Waals surface area contributed by atoms with E-state index in [0.717, 1.165) is 18.0 Å². The smallest absolute Gasteiger partial charge is 0.258 e. The van der Waals surface area contributed by atoms with E-state index in [9.17, 15) is 4.79 Å². The van der Waals surface area contributed by atoms with Crippen LogP contribution in [0.25, 0.3) is 0 Å². The number of amides is 1. The zero-order valence-electron chi connectivity index (χ0n) is 11.9. The second-order valence-corrected chi connectivity index (χ2v) is 5.23. The minimum atomic E-state index is -0.0767. The summed E-state index contributed by atoms with van der Waals surface area (Å²) in [5.74, 6) is 0.676. The van der Waals surface area contributed by atoms with Gasteiger partial charge in [-0.25, -0.2) is 0 Å². The van der Waals surface area contributed by atoms with Gasteiger partial charge in [0.2, 0.25) is 0 Å². The molecule has 0 aromatic rings. The summed E-state index contributed by atoms with van der Waals surface area (Å²) in [5.41, 5.74) is 0.892. The summed E-state index contributed by atoms with van der Waals surface area (Å²) in [4.78, 5) is 15.0. The van der Waals surface area contributed by atoms with Crippen molar-refractivity contribution in [1.29, 1.82) is 0 Å². The van der Waals surface area contributed by atoms with E-state index in [1.54, 1.807) is 0 Å². The summed E-state index contributed by atoms with van der Waals surface area (Å²) in [6.07, 6.45) is 10.2. The number of ether oxygens (including phenoxy) is 1. The SMILES string of the molecule is C=N/C(=C\C=C1/CNC(=O)CO1)CNC1CCCCC1. The first-order valence-electron chi connectivity index (χ1n) is 7.27. The molecule has 1 aliphatic heterocycles. The molecule has 2 fully saturated rings. The maximum absolute atomic E-state index is 11.0. The third-order valence-electron chi connectivity index (χ3n) is 3.69. The first-order chi connectivity index (χ1) is 9.78. The number of allylic oxidation sites excluding steroid dienone is 2. The monoisotopic (exact) mass is 277 g/mol. The maximum atomic E-state index is 11.0. The molecule has 1 amide bonds. The second-order valence-electron chi connectivity index (χ2n) is 5.23. The highest BCUT2D eigenvalue weighted by molar-refractivity contribution is 5.78. The predicted molar refractivity (Wildman–Crippen MR) is 79.6 cm³/mol. The minimum Gasteiger partial charge on any atom is -0.486 e. The third kappa shape index (κ3) is 4.81. The van der Waals surface area contributed by atoms with E-state index in [2.05, 4.69) is 22.3 Å². The summed E-state index contributed by atoms with van der Waals surface area (Å²) >= 11 is 0. The van der Waals surface area contributed by atoms with Crippen molar-refractivity contribution in [1.82, 2.24) is 10.6 Å². The van der Waals surface area contributed by atoms with Crippen LogP contribution in [0.4, 0.5) is 0 Å². The van der Waals surface area contributed by atoms with Gasteiger partial charge in [-0.1, -0.05) is 19.3 Å². The minimum absolute atomic E-state index is 0.0767. The molecule has 20 heavy (non-hydrogen) atoms. The predicted octanol–water partition coefficient (Wildman–Crippen LogP) is 1.52. The Balaban J connectivity index is 1.80. The Bertz CT molecular complexity index is 397. The molecule has 0 spiro atoms. The average Bonchev–Trinajstić information content (AvgIpc) is 2.50. The number of nitrogens with zero attached hydrogens (tertiary/aromatic N) is 1. The Kier molecular flexibility index (Phi) is 5.80. The van der Waals surface area contributed by atoms with Crippen LogP contribution in [0, 0.1) is 0 Å². The number of carbonyl (C=O) groups excluding carboxylic acids is 1. The Labute approximate surface area is 120 Å². The molecule has 2 rings (SSSR count). The maximum Gasteiger partial charge on any atom is 0.258 e. The van der Waals surface area contributed by atoms with Crippen LogP contribution in [0.15, 0.2) is 28.6 Å². The van der Waals surface area contributed by atoms with E-state index >= 15 is 0 Å². The van der Waals surface area contributed by atoms with Gasteiger partial charge in [0.05, 0.1) is 12.2 Å². The molecule has 110 valence electrons. The summed E-state index contributed by atoms with van der Waals surface area (Å²) < 4.78 is 5.30. The number of nitrogens with one attached hydrogen (secondary N) is 2. The van der Waals surface area contributed by atoms with Gasteiger partial charge >= 0.3 is 0 Å². The van der Waals surface area contributed by atoms with E-state index < -0.39 is 0 Å². The molecule has 0 atom stereocenters. The number of rotatable bonds is 5. The van der Waals surface area contributed by atoms with E-state index in [1.807, 2.05) is 12.2 Å². The first-order valence-corrected chi connectivity index (χ1v) is 7.27. The van der Waals surface area contributed by atoms with E-state index in [1.165, 1.54) is 32.1 Å². The lowest BCUT2D eigenvalue weighted by molar-refractivity contribution is -0.126. The molecule has 2 aliphatic rings. The quantitative estimate of drug-likeness (QED) is 0.749. The zero-order valence-corrected chi connectivity index (χ0v) is 11.9. The number of hydrogen-bond donors (Lipinski definition) is 2. The molecule has 0 aromatic carbocycles. The zero-order chi connectivity index (χ0) is 14.2. The van der Waals surface area contributed by atoms with Crippen molar-refractivity contribution >= 4 is 12.6 Å².